The van der Waals surface area contributed by atoms with Gasteiger partial charge in [-0.3, -0.25) is 4.90 Å². The Morgan fingerprint density at radius 2 is 2.19 bits per heavy atom. The van der Waals surface area contributed by atoms with Crippen molar-refractivity contribution in [3.63, 3.8) is 0 Å². The highest BCUT2D eigenvalue weighted by Crippen LogP contribution is 2.13. The fourth-order valence-corrected chi connectivity index (χ4v) is 2.43. The highest BCUT2D eigenvalue weighted by Gasteiger charge is 2.24. The second-order valence-electron chi connectivity index (χ2n) is 5.17. The predicted octanol–water partition coefficient (Wildman–Crippen LogP) is 1.73. The first-order chi connectivity index (χ1) is 7.69. The van der Waals surface area contributed by atoms with Gasteiger partial charge in [0.05, 0.1) is 6.61 Å². The van der Waals surface area contributed by atoms with E-state index in [1.807, 2.05) is 0 Å². The fourth-order valence-electron chi connectivity index (χ4n) is 2.43. The van der Waals surface area contributed by atoms with Gasteiger partial charge in [0.25, 0.3) is 0 Å². The van der Waals surface area contributed by atoms with E-state index in [0.717, 1.165) is 13.2 Å². The third-order valence-electron chi connectivity index (χ3n) is 3.61. The fraction of sp³-hybridized carbons (Fsp3) is 1.00. The Kier molecular flexibility index (Phi) is 6.32. The molecule has 0 radical (unpaired) electrons. The molecule has 1 N–H and O–H groups in total. The summed E-state index contributed by atoms with van der Waals surface area (Å²) in [6.07, 6.45) is 2.43. The normalized spacial score (nSPS) is 25.7. The first-order valence-corrected chi connectivity index (χ1v) is 6.65. The largest absolute Gasteiger partial charge is 0.383 e. The molecule has 0 aliphatic carbocycles. The molecule has 0 aromatic rings. The number of methoxy groups -OCH3 is 1. The number of hydrogen-bond donors (Lipinski definition) is 1. The van der Waals surface area contributed by atoms with E-state index in [0.29, 0.717) is 18.0 Å². The van der Waals surface area contributed by atoms with E-state index in [1.54, 1.807) is 7.11 Å². The van der Waals surface area contributed by atoms with Gasteiger partial charge in [-0.1, -0.05) is 20.8 Å². The lowest BCUT2D eigenvalue weighted by Crippen LogP contribution is -2.46. The number of ether oxygens (including phenoxy) is 1. The second kappa shape index (κ2) is 7.25. The van der Waals surface area contributed by atoms with Gasteiger partial charge in [0.2, 0.25) is 0 Å². The van der Waals surface area contributed by atoms with Crippen LogP contribution in [0.3, 0.4) is 0 Å². The van der Waals surface area contributed by atoms with E-state index in [-0.39, 0.29) is 0 Å². The third-order valence-corrected chi connectivity index (χ3v) is 3.61. The van der Waals surface area contributed by atoms with Crippen molar-refractivity contribution >= 4 is 0 Å². The van der Waals surface area contributed by atoms with Crippen LogP contribution in [0.1, 0.15) is 33.6 Å². The molecule has 0 saturated carbocycles. The monoisotopic (exact) mass is 228 g/mol. The van der Waals surface area contributed by atoms with Crippen molar-refractivity contribution in [2.45, 2.75) is 45.7 Å². The molecular weight excluding hydrogens is 200 g/mol. The average Bonchev–Trinajstić information content (AvgIpc) is 2.51. The number of nitrogens with zero attached hydrogens (tertiary/aromatic N) is 1. The molecule has 0 amide bonds. The van der Waals surface area contributed by atoms with Gasteiger partial charge >= 0.3 is 0 Å². The molecule has 0 bridgehead atoms. The maximum atomic E-state index is 5.32. The van der Waals surface area contributed by atoms with E-state index in [2.05, 4.69) is 31.0 Å². The predicted molar refractivity (Wildman–Crippen MR) is 68.8 cm³/mol. The molecule has 2 unspecified atom stereocenters. The summed E-state index contributed by atoms with van der Waals surface area (Å²) in [6, 6.07) is 1.22. The van der Waals surface area contributed by atoms with Gasteiger partial charge in [-0.05, 0) is 31.8 Å². The minimum atomic E-state index is 0.589. The smallest absolute Gasteiger partial charge is 0.0617 e. The molecule has 0 spiro atoms. The third kappa shape index (κ3) is 4.04. The summed E-state index contributed by atoms with van der Waals surface area (Å²) in [5, 5.41) is 3.65. The number of nitrogens with one attached hydrogen (secondary N) is 1. The van der Waals surface area contributed by atoms with Gasteiger partial charge in [0, 0.05) is 25.7 Å². The zero-order valence-corrected chi connectivity index (χ0v) is 11.3. The van der Waals surface area contributed by atoms with Gasteiger partial charge in [0.15, 0.2) is 0 Å². The molecule has 3 nitrogen and oxygen atoms in total. The Hall–Kier alpha value is -0.120. The van der Waals surface area contributed by atoms with E-state index in [9.17, 15) is 0 Å². The second-order valence-corrected chi connectivity index (χ2v) is 5.17. The van der Waals surface area contributed by atoms with E-state index in [1.165, 1.54) is 25.9 Å². The van der Waals surface area contributed by atoms with Gasteiger partial charge < -0.3 is 10.1 Å². The summed E-state index contributed by atoms with van der Waals surface area (Å²) in [6.45, 7) is 11.3. The minimum Gasteiger partial charge on any atom is -0.383 e. The van der Waals surface area contributed by atoms with Crippen LogP contribution in [0.15, 0.2) is 0 Å². The highest BCUT2D eigenvalue weighted by atomic mass is 16.5. The molecule has 0 aromatic carbocycles. The van der Waals surface area contributed by atoms with Crippen molar-refractivity contribution in [3.8, 4) is 0 Å². The molecule has 1 saturated heterocycles. The van der Waals surface area contributed by atoms with Gasteiger partial charge in [-0.2, -0.15) is 0 Å². The molecule has 1 heterocycles. The zero-order chi connectivity index (χ0) is 12.0. The van der Waals surface area contributed by atoms with Crippen molar-refractivity contribution in [1.29, 1.82) is 0 Å². The first-order valence-electron chi connectivity index (χ1n) is 6.65. The minimum absolute atomic E-state index is 0.589. The lowest BCUT2D eigenvalue weighted by molar-refractivity contribution is 0.0830. The summed E-state index contributed by atoms with van der Waals surface area (Å²) in [4.78, 5) is 2.61. The summed E-state index contributed by atoms with van der Waals surface area (Å²) in [7, 11) is 1.80. The molecule has 0 aromatic heterocycles. The van der Waals surface area contributed by atoms with Crippen LogP contribution in [-0.4, -0.2) is 50.3 Å². The van der Waals surface area contributed by atoms with E-state index >= 15 is 0 Å². The van der Waals surface area contributed by atoms with Crippen molar-refractivity contribution in [3.05, 3.63) is 0 Å². The molecule has 1 aliphatic heterocycles. The van der Waals surface area contributed by atoms with Crippen molar-refractivity contribution in [2.24, 2.45) is 5.92 Å². The van der Waals surface area contributed by atoms with Crippen LogP contribution in [0.4, 0.5) is 0 Å². The molecule has 1 aliphatic rings. The van der Waals surface area contributed by atoms with Crippen molar-refractivity contribution < 1.29 is 4.74 Å². The average molecular weight is 228 g/mol. The number of hydrogen-bond acceptors (Lipinski definition) is 3. The SMILES string of the molecule is CCC(COC)N1CCCNC(C(C)C)C1. The zero-order valence-electron chi connectivity index (χ0n) is 11.3. The van der Waals surface area contributed by atoms with Gasteiger partial charge in [-0.25, -0.2) is 0 Å². The van der Waals surface area contributed by atoms with E-state index < -0.39 is 0 Å². The van der Waals surface area contributed by atoms with Crippen molar-refractivity contribution in [1.82, 2.24) is 10.2 Å². The van der Waals surface area contributed by atoms with Crippen LogP contribution >= 0.6 is 0 Å². The molecule has 96 valence electrons. The molecule has 2 atom stereocenters. The summed E-state index contributed by atoms with van der Waals surface area (Å²) in [5.74, 6) is 0.709. The highest BCUT2D eigenvalue weighted by molar-refractivity contribution is 4.82. The van der Waals surface area contributed by atoms with Crippen LogP contribution in [-0.2, 0) is 4.74 Å². The van der Waals surface area contributed by atoms with Crippen LogP contribution in [0.2, 0.25) is 0 Å². The maximum absolute atomic E-state index is 5.32. The lowest BCUT2D eigenvalue weighted by Gasteiger charge is -2.32. The van der Waals surface area contributed by atoms with Crippen LogP contribution in [0.25, 0.3) is 0 Å². The Morgan fingerprint density at radius 3 is 2.75 bits per heavy atom. The molecular formula is C13H28N2O. The molecule has 16 heavy (non-hydrogen) atoms. The van der Waals surface area contributed by atoms with E-state index in [4.69, 9.17) is 4.74 Å². The maximum Gasteiger partial charge on any atom is 0.0617 e. The molecule has 3 heteroatoms. The summed E-state index contributed by atoms with van der Waals surface area (Å²) >= 11 is 0. The molecule has 1 fully saturated rings. The number of rotatable bonds is 5. The Balaban J connectivity index is 2.55. The Bertz CT molecular complexity index is 185. The quantitative estimate of drug-likeness (QED) is 0.775. The van der Waals surface area contributed by atoms with Gasteiger partial charge in [-0.15, -0.1) is 0 Å². The summed E-state index contributed by atoms with van der Waals surface area (Å²) < 4.78 is 5.32. The Labute approximate surface area is 101 Å². The Morgan fingerprint density at radius 1 is 1.44 bits per heavy atom. The van der Waals surface area contributed by atoms with Crippen LogP contribution in [0, 0.1) is 5.92 Å². The molecule has 1 rings (SSSR count). The summed E-state index contributed by atoms with van der Waals surface area (Å²) in [5.41, 5.74) is 0. The van der Waals surface area contributed by atoms with Crippen molar-refractivity contribution in [2.75, 3.05) is 33.4 Å². The van der Waals surface area contributed by atoms with Gasteiger partial charge in [0.1, 0.15) is 0 Å². The van der Waals surface area contributed by atoms with Crippen LogP contribution < -0.4 is 5.32 Å². The lowest BCUT2D eigenvalue weighted by atomic mass is 10.0. The van der Waals surface area contributed by atoms with Crippen LogP contribution in [0.5, 0.6) is 0 Å². The topological polar surface area (TPSA) is 24.5 Å². The first kappa shape index (κ1) is 13.9. The standard InChI is InChI=1S/C13H28N2O/c1-5-12(10-16-4)15-8-6-7-14-13(9-15)11(2)3/h11-14H,5-10H2,1-4H3.